The van der Waals surface area contributed by atoms with E-state index in [0.717, 1.165) is 25.7 Å². The Hall–Kier alpha value is -1.80. The van der Waals surface area contributed by atoms with E-state index in [0.29, 0.717) is 24.4 Å². The molecule has 0 aliphatic carbocycles. The van der Waals surface area contributed by atoms with Crippen LogP contribution >= 0.6 is 0 Å². The van der Waals surface area contributed by atoms with Crippen molar-refractivity contribution in [2.75, 3.05) is 37.4 Å². The fourth-order valence-electron chi connectivity index (χ4n) is 2.81. The maximum absolute atomic E-state index is 12.1. The van der Waals surface area contributed by atoms with Crippen LogP contribution < -0.4 is 14.4 Å². The zero-order valence-corrected chi connectivity index (χ0v) is 15.5. The van der Waals surface area contributed by atoms with Crippen LogP contribution in [0.4, 0.5) is 5.69 Å². The maximum atomic E-state index is 12.1. The summed E-state index contributed by atoms with van der Waals surface area (Å²) < 4.78 is 36.2. The molecule has 1 aromatic carbocycles. The average molecular weight is 370 g/mol. The maximum Gasteiger partial charge on any atom is 0.232 e. The van der Waals surface area contributed by atoms with Crippen LogP contribution in [-0.2, 0) is 19.6 Å². The molecule has 1 heterocycles. The topological polar surface area (TPSA) is 84.9 Å². The van der Waals surface area contributed by atoms with Gasteiger partial charge in [0.15, 0.2) is 0 Å². The second-order valence-electron chi connectivity index (χ2n) is 6.05. The van der Waals surface area contributed by atoms with Gasteiger partial charge in [-0.05, 0) is 31.4 Å². The number of hydrogen-bond acceptors (Lipinski definition) is 5. The number of rotatable bonds is 9. The molecule has 0 spiro atoms. The Kier molecular flexibility index (Phi) is 7.07. The Morgan fingerprint density at radius 1 is 1.40 bits per heavy atom. The first kappa shape index (κ1) is 19.5. The van der Waals surface area contributed by atoms with Crippen LogP contribution in [0, 0.1) is 0 Å². The molecule has 1 aromatic rings. The molecular formula is C17H26N2O5S. The minimum Gasteiger partial charge on any atom is -0.495 e. The molecule has 140 valence electrons. The van der Waals surface area contributed by atoms with E-state index < -0.39 is 10.0 Å². The summed E-state index contributed by atoms with van der Waals surface area (Å²) in [6.45, 7) is 1.48. The monoisotopic (exact) mass is 370 g/mol. The number of sulfonamides is 1. The quantitative estimate of drug-likeness (QED) is 0.713. The van der Waals surface area contributed by atoms with Crippen molar-refractivity contribution in [3.63, 3.8) is 0 Å². The number of carbonyl (C=O) groups excluding carboxylic acids is 1. The lowest BCUT2D eigenvalue weighted by atomic mass is 10.2. The van der Waals surface area contributed by atoms with Gasteiger partial charge in [-0.3, -0.25) is 9.10 Å². The fourth-order valence-corrected chi connectivity index (χ4v) is 3.77. The number of anilines is 1. The Morgan fingerprint density at radius 3 is 2.80 bits per heavy atom. The van der Waals surface area contributed by atoms with E-state index in [1.165, 1.54) is 11.4 Å². The Labute approximate surface area is 149 Å². The summed E-state index contributed by atoms with van der Waals surface area (Å²) in [5.74, 6) is 0.389. The highest BCUT2D eigenvalue weighted by molar-refractivity contribution is 7.92. The molecule has 1 aliphatic rings. The van der Waals surface area contributed by atoms with Crippen molar-refractivity contribution in [1.29, 1.82) is 0 Å². The highest BCUT2D eigenvalue weighted by Gasteiger charge is 2.21. The van der Waals surface area contributed by atoms with E-state index >= 15 is 0 Å². The summed E-state index contributed by atoms with van der Waals surface area (Å²) in [4.78, 5) is 11.9. The van der Waals surface area contributed by atoms with E-state index in [-0.39, 0.29) is 25.0 Å². The largest absolute Gasteiger partial charge is 0.495 e. The summed E-state index contributed by atoms with van der Waals surface area (Å²) >= 11 is 0. The lowest BCUT2D eigenvalue weighted by Gasteiger charge is -2.24. The fraction of sp³-hybridized carbons (Fsp3) is 0.588. The smallest absolute Gasteiger partial charge is 0.232 e. The summed E-state index contributed by atoms with van der Waals surface area (Å²) in [6, 6.07) is 6.94. The van der Waals surface area contributed by atoms with Gasteiger partial charge in [-0.2, -0.15) is 0 Å². The molecule has 1 aliphatic heterocycles. The van der Waals surface area contributed by atoms with Crippen molar-refractivity contribution in [3.8, 4) is 5.75 Å². The summed E-state index contributed by atoms with van der Waals surface area (Å²) in [5.41, 5.74) is 0.479. The molecule has 2 rings (SSSR count). The number of ether oxygens (including phenoxy) is 2. The van der Waals surface area contributed by atoms with Crippen molar-refractivity contribution in [1.82, 2.24) is 5.32 Å². The van der Waals surface area contributed by atoms with Crippen LogP contribution in [0.1, 0.15) is 25.7 Å². The molecule has 0 aromatic heterocycles. The van der Waals surface area contributed by atoms with Crippen LogP contribution in [0.5, 0.6) is 5.75 Å². The zero-order valence-electron chi connectivity index (χ0n) is 14.7. The van der Waals surface area contributed by atoms with Crippen LogP contribution in [0.15, 0.2) is 24.3 Å². The molecule has 1 saturated heterocycles. The van der Waals surface area contributed by atoms with Crippen molar-refractivity contribution in [2.45, 2.75) is 31.8 Å². The van der Waals surface area contributed by atoms with Crippen LogP contribution in [-0.4, -0.2) is 53.5 Å². The van der Waals surface area contributed by atoms with Gasteiger partial charge in [0.25, 0.3) is 0 Å². The van der Waals surface area contributed by atoms with E-state index in [1.807, 2.05) is 0 Å². The van der Waals surface area contributed by atoms with Gasteiger partial charge in [-0.25, -0.2) is 8.42 Å². The number of nitrogens with zero attached hydrogens (tertiary/aromatic N) is 1. The molecule has 8 heteroatoms. The summed E-state index contributed by atoms with van der Waals surface area (Å²) in [7, 11) is -1.97. The first-order valence-corrected chi connectivity index (χ1v) is 10.3. The molecule has 0 saturated carbocycles. The first-order valence-electron chi connectivity index (χ1n) is 8.41. The van der Waals surface area contributed by atoms with Gasteiger partial charge >= 0.3 is 0 Å². The number of benzene rings is 1. The van der Waals surface area contributed by atoms with Gasteiger partial charge < -0.3 is 14.8 Å². The van der Waals surface area contributed by atoms with Gasteiger partial charge in [-0.15, -0.1) is 0 Å². The normalized spacial score (nSPS) is 17.3. The van der Waals surface area contributed by atoms with Gasteiger partial charge in [0, 0.05) is 26.1 Å². The first-order chi connectivity index (χ1) is 11.9. The molecule has 1 fully saturated rings. The third-order valence-electron chi connectivity index (χ3n) is 4.07. The lowest BCUT2D eigenvalue weighted by Crippen LogP contribution is -2.34. The van der Waals surface area contributed by atoms with Gasteiger partial charge in [0.05, 0.1) is 25.2 Å². The molecule has 25 heavy (non-hydrogen) atoms. The van der Waals surface area contributed by atoms with Gasteiger partial charge in [0.1, 0.15) is 5.75 Å². The lowest BCUT2D eigenvalue weighted by molar-refractivity contribution is -0.121. The van der Waals surface area contributed by atoms with Gasteiger partial charge in [-0.1, -0.05) is 12.1 Å². The Balaban J connectivity index is 1.89. The van der Waals surface area contributed by atoms with Crippen LogP contribution in [0.2, 0.25) is 0 Å². The molecule has 1 atom stereocenters. The zero-order chi connectivity index (χ0) is 18.3. The van der Waals surface area contributed by atoms with Crippen LogP contribution in [0.3, 0.4) is 0 Å². The number of amides is 1. The second-order valence-corrected chi connectivity index (χ2v) is 7.96. The van der Waals surface area contributed by atoms with E-state index in [9.17, 15) is 13.2 Å². The van der Waals surface area contributed by atoms with Crippen molar-refractivity contribution < 1.29 is 22.7 Å². The number of para-hydroxylation sites is 2. The van der Waals surface area contributed by atoms with Crippen molar-refractivity contribution in [2.24, 2.45) is 0 Å². The SMILES string of the molecule is COc1ccccc1N(CCCC(=O)NC[C@H]1CCCO1)S(C)(=O)=O. The minimum absolute atomic E-state index is 0.0935. The number of methoxy groups -OCH3 is 1. The third-order valence-corrected chi connectivity index (χ3v) is 5.25. The molecule has 0 bridgehead atoms. The van der Waals surface area contributed by atoms with Crippen LogP contribution in [0.25, 0.3) is 0 Å². The summed E-state index contributed by atoms with van der Waals surface area (Å²) in [6.07, 6.45) is 3.93. The molecular weight excluding hydrogens is 344 g/mol. The Bertz CT molecular complexity index is 671. The number of hydrogen-bond donors (Lipinski definition) is 1. The molecule has 1 amide bonds. The van der Waals surface area contributed by atoms with Gasteiger partial charge in [0.2, 0.25) is 15.9 Å². The standard InChI is InChI=1S/C17H26N2O5S/c1-23-16-9-4-3-8-15(16)19(25(2,21)22)11-5-10-17(20)18-13-14-7-6-12-24-14/h3-4,8-9,14H,5-7,10-13H2,1-2H3,(H,18,20)/t14-/m1/s1. The highest BCUT2D eigenvalue weighted by Crippen LogP contribution is 2.29. The Morgan fingerprint density at radius 2 is 2.16 bits per heavy atom. The average Bonchev–Trinajstić information content (AvgIpc) is 3.09. The molecule has 0 radical (unpaired) electrons. The number of nitrogens with one attached hydrogen (secondary N) is 1. The second kappa shape index (κ2) is 9.05. The highest BCUT2D eigenvalue weighted by atomic mass is 32.2. The molecule has 0 unspecified atom stereocenters. The van der Waals surface area contributed by atoms with E-state index in [4.69, 9.17) is 9.47 Å². The summed E-state index contributed by atoms with van der Waals surface area (Å²) in [5, 5.41) is 2.84. The molecule has 7 nitrogen and oxygen atoms in total. The molecule has 1 N–H and O–H groups in total. The van der Waals surface area contributed by atoms with Crippen molar-refractivity contribution in [3.05, 3.63) is 24.3 Å². The predicted molar refractivity (Wildman–Crippen MR) is 96.4 cm³/mol. The van der Waals surface area contributed by atoms with Crippen molar-refractivity contribution >= 4 is 21.6 Å². The minimum atomic E-state index is -3.47. The van der Waals surface area contributed by atoms with E-state index in [1.54, 1.807) is 24.3 Å². The third kappa shape index (κ3) is 5.89. The van der Waals surface area contributed by atoms with E-state index in [2.05, 4.69) is 5.32 Å². The predicted octanol–water partition coefficient (Wildman–Crippen LogP) is 1.54. The number of carbonyl (C=O) groups is 1.